The number of fused-ring (bicyclic) bond motifs is 1. The summed E-state index contributed by atoms with van der Waals surface area (Å²) in [5, 5.41) is 3.86. The van der Waals surface area contributed by atoms with Gasteiger partial charge in [0.15, 0.2) is 5.65 Å². The zero-order valence-corrected chi connectivity index (χ0v) is 30.2. The van der Waals surface area contributed by atoms with Crippen LogP contribution in [0.15, 0.2) is 95.9 Å². The summed E-state index contributed by atoms with van der Waals surface area (Å²) in [7, 11) is 3.82. The number of ether oxygens (including phenoxy) is 2. The number of amides is 2. The largest absolute Gasteiger partial charge is 0.494 e. The molecule has 1 unspecified atom stereocenters. The highest BCUT2D eigenvalue weighted by Gasteiger charge is 2.31. The average Bonchev–Trinajstić information content (AvgIpc) is 3.12. The lowest BCUT2D eigenvalue weighted by molar-refractivity contribution is -0.133. The summed E-state index contributed by atoms with van der Waals surface area (Å²) in [5.41, 5.74) is 1.94. The van der Waals surface area contributed by atoms with Crippen molar-refractivity contribution in [2.24, 2.45) is 0 Å². The number of likely N-dealkylation sites (N-methyl/N-ethyl adjacent to an activating group) is 1. The Morgan fingerprint density at radius 2 is 1.69 bits per heavy atom. The van der Waals surface area contributed by atoms with Crippen LogP contribution in [0.1, 0.15) is 36.3 Å². The summed E-state index contributed by atoms with van der Waals surface area (Å²) >= 11 is 12.5. The fraction of sp³-hybridized carbons (Fsp3) is 0.289. The van der Waals surface area contributed by atoms with Crippen LogP contribution in [0, 0.1) is 0 Å². The van der Waals surface area contributed by atoms with Crippen LogP contribution >= 0.6 is 23.2 Å². The molecule has 1 atom stereocenters. The van der Waals surface area contributed by atoms with Crippen molar-refractivity contribution in [3.8, 4) is 11.4 Å². The maximum absolute atomic E-state index is 14.4. The van der Waals surface area contributed by atoms with Crippen LogP contribution < -0.4 is 15.6 Å². The zero-order valence-electron chi connectivity index (χ0n) is 28.7. The third kappa shape index (κ3) is 9.84. The number of nitrogens with zero attached hydrogens (tertiary/aromatic N) is 5. The fourth-order valence-corrected chi connectivity index (χ4v) is 5.89. The predicted octanol–water partition coefficient (Wildman–Crippen LogP) is 6.48. The van der Waals surface area contributed by atoms with Gasteiger partial charge in [0.25, 0.3) is 5.56 Å². The summed E-state index contributed by atoms with van der Waals surface area (Å²) in [4.78, 5) is 54.5. The monoisotopic (exact) mass is 730 g/mol. The number of nitrogens with one attached hydrogen (secondary N) is 1. The van der Waals surface area contributed by atoms with E-state index < -0.39 is 12.1 Å². The second kappa shape index (κ2) is 17.8. The van der Waals surface area contributed by atoms with Gasteiger partial charge in [0, 0.05) is 25.8 Å². The van der Waals surface area contributed by atoms with E-state index in [2.05, 4.69) is 10.3 Å². The van der Waals surface area contributed by atoms with Crippen molar-refractivity contribution in [1.29, 1.82) is 0 Å². The Bertz CT molecular complexity index is 2010. The number of carbonyl (C=O) groups excluding carboxylic acids is 2. The molecular weight excluding hydrogens is 691 g/mol. The molecule has 0 aliphatic heterocycles. The van der Waals surface area contributed by atoms with Gasteiger partial charge in [-0.15, -0.1) is 0 Å². The molecule has 51 heavy (non-hydrogen) atoms. The molecule has 0 spiro atoms. The number of hydrogen-bond donors (Lipinski definition) is 1. The third-order valence-corrected chi connectivity index (χ3v) is 8.84. The van der Waals surface area contributed by atoms with Crippen molar-refractivity contribution in [2.45, 2.75) is 32.4 Å². The summed E-state index contributed by atoms with van der Waals surface area (Å²) < 4.78 is 12.6. The third-order valence-electron chi connectivity index (χ3n) is 8.10. The maximum Gasteiger partial charge on any atom is 0.407 e. The first-order valence-corrected chi connectivity index (χ1v) is 17.3. The molecular formula is C38H40Cl2N6O5. The summed E-state index contributed by atoms with van der Waals surface area (Å²) in [6, 6.07) is 24.1. The van der Waals surface area contributed by atoms with E-state index in [1.807, 2.05) is 56.3 Å². The number of hydrogen-bond acceptors (Lipinski definition) is 8. The van der Waals surface area contributed by atoms with Gasteiger partial charge in [-0.2, -0.15) is 0 Å². The Hall–Kier alpha value is -4.97. The maximum atomic E-state index is 14.4. The molecule has 0 saturated heterocycles. The fourth-order valence-electron chi connectivity index (χ4n) is 5.56. The first kappa shape index (κ1) is 37.3. The molecule has 0 radical (unpaired) electrons. The van der Waals surface area contributed by atoms with Gasteiger partial charge in [0.2, 0.25) is 5.91 Å². The summed E-state index contributed by atoms with van der Waals surface area (Å²) in [5.74, 6) is 0.696. The van der Waals surface area contributed by atoms with Crippen molar-refractivity contribution in [1.82, 2.24) is 29.7 Å². The van der Waals surface area contributed by atoms with Crippen LogP contribution in [0.2, 0.25) is 10.0 Å². The molecule has 1 N–H and O–H groups in total. The highest BCUT2D eigenvalue weighted by Crippen LogP contribution is 2.28. The Morgan fingerprint density at radius 1 is 0.922 bits per heavy atom. The first-order valence-electron chi connectivity index (χ1n) is 16.6. The molecule has 13 heteroatoms. The average molecular weight is 732 g/mol. The number of aromatic nitrogens is 3. The molecule has 5 aromatic rings. The molecule has 0 saturated carbocycles. The molecule has 5 rings (SSSR count). The van der Waals surface area contributed by atoms with E-state index in [0.29, 0.717) is 45.6 Å². The Morgan fingerprint density at radius 3 is 2.39 bits per heavy atom. The molecule has 2 heterocycles. The minimum absolute atomic E-state index is 0.00643. The molecule has 3 aromatic carbocycles. The Balaban J connectivity index is 1.57. The van der Waals surface area contributed by atoms with Gasteiger partial charge < -0.3 is 24.6 Å². The smallest absolute Gasteiger partial charge is 0.407 e. The number of carbonyl (C=O) groups is 2. The number of rotatable bonds is 15. The van der Waals surface area contributed by atoms with Crippen LogP contribution in [0.4, 0.5) is 4.79 Å². The summed E-state index contributed by atoms with van der Waals surface area (Å²) in [6.45, 7) is 3.38. The van der Waals surface area contributed by atoms with Gasteiger partial charge in [-0.05, 0) is 87.1 Å². The van der Waals surface area contributed by atoms with Crippen molar-refractivity contribution >= 4 is 46.2 Å². The molecule has 2 amide bonds. The standard InChI is InChI=1S/C38H40Cl2N6O5/c1-4-50-29-15-13-28(14-16-29)46-36(43-35-30(37(46)48)11-8-19-41-35)33(18-20-42-38(49)51-25-26-9-6-5-7-10-26)45(22-21-44(2)3)34(47)24-27-12-17-31(39)32(40)23-27/h5-17,19,23,33H,4,18,20-22,24-25H2,1-3H3,(H,42,49). The predicted molar refractivity (Wildman–Crippen MR) is 199 cm³/mol. The van der Waals surface area contributed by atoms with E-state index in [0.717, 1.165) is 5.56 Å². The van der Waals surface area contributed by atoms with Crippen LogP contribution in [-0.2, 0) is 22.6 Å². The first-order chi connectivity index (χ1) is 24.6. The number of alkyl carbamates (subject to hydrolysis) is 1. The summed E-state index contributed by atoms with van der Waals surface area (Å²) in [6.07, 6.45) is 1.16. The molecule has 0 bridgehead atoms. The van der Waals surface area contributed by atoms with Gasteiger partial charge in [0.05, 0.1) is 40.2 Å². The molecule has 266 valence electrons. The lowest BCUT2D eigenvalue weighted by atomic mass is 10.1. The second-order valence-corrected chi connectivity index (χ2v) is 12.8. The van der Waals surface area contributed by atoms with Crippen molar-refractivity contribution in [3.63, 3.8) is 0 Å². The second-order valence-electron chi connectivity index (χ2n) is 12.0. The lowest BCUT2D eigenvalue weighted by Gasteiger charge is -2.34. The molecule has 11 nitrogen and oxygen atoms in total. The quantitative estimate of drug-likeness (QED) is 0.130. The van der Waals surface area contributed by atoms with Crippen LogP contribution in [0.3, 0.4) is 0 Å². The highest BCUT2D eigenvalue weighted by molar-refractivity contribution is 6.42. The van der Waals surface area contributed by atoms with Crippen molar-refractivity contribution in [3.05, 3.63) is 128 Å². The molecule has 0 fully saturated rings. The zero-order chi connectivity index (χ0) is 36.3. The molecule has 2 aromatic heterocycles. The van der Waals surface area contributed by atoms with Crippen LogP contribution in [0.25, 0.3) is 16.7 Å². The Labute approximate surface area is 306 Å². The van der Waals surface area contributed by atoms with Crippen molar-refractivity contribution in [2.75, 3.05) is 40.3 Å². The van der Waals surface area contributed by atoms with Crippen molar-refractivity contribution < 1.29 is 19.1 Å². The van der Waals surface area contributed by atoms with E-state index in [9.17, 15) is 14.4 Å². The van der Waals surface area contributed by atoms with E-state index in [1.54, 1.807) is 65.7 Å². The van der Waals surface area contributed by atoms with Crippen LogP contribution in [0.5, 0.6) is 5.75 Å². The lowest BCUT2D eigenvalue weighted by Crippen LogP contribution is -2.44. The van der Waals surface area contributed by atoms with Crippen LogP contribution in [-0.4, -0.2) is 76.7 Å². The Kier molecular flexibility index (Phi) is 13.0. The van der Waals surface area contributed by atoms with Gasteiger partial charge in [0.1, 0.15) is 18.2 Å². The normalized spacial score (nSPS) is 11.7. The van der Waals surface area contributed by atoms with E-state index in [1.165, 1.54) is 4.57 Å². The van der Waals surface area contributed by atoms with E-state index >= 15 is 0 Å². The van der Waals surface area contributed by atoms with Gasteiger partial charge in [-0.1, -0.05) is 59.6 Å². The van der Waals surface area contributed by atoms with Gasteiger partial charge >= 0.3 is 6.09 Å². The van der Waals surface area contributed by atoms with Gasteiger partial charge in [-0.25, -0.2) is 14.8 Å². The molecule has 0 aliphatic rings. The molecule has 0 aliphatic carbocycles. The SMILES string of the molecule is CCOc1ccc(-n2c(C(CCNC(=O)OCc3ccccc3)N(CCN(C)C)C(=O)Cc3ccc(Cl)c(Cl)c3)nc3ncccc3c2=O)cc1. The van der Waals surface area contributed by atoms with E-state index in [-0.39, 0.29) is 55.5 Å². The number of halogens is 2. The number of benzene rings is 3. The topological polar surface area (TPSA) is 119 Å². The minimum Gasteiger partial charge on any atom is -0.494 e. The minimum atomic E-state index is -0.791. The highest BCUT2D eigenvalue weighted by atomic mass is 35.5. The van der Waals surface area contributed by atoms with Gasteiger partial charge in [-0.3, -0.25) is 14.2 Å². The number of pyridine rings is 1. The van der Waals surface area contributed by atoms with E-state index in [4.69, 9.17) is 37.7 Å².